The van der Waals surface area contributed by atoms with Crippen LogP contribution in [0.25, 0.3) is 0 Å². The average molecular weight is 331 g/mol. The zero-order valence-corrected chi connectivity index (χ0v) is 15.0. The molecule has 2 amide bonds. The Bertz CT molecular complexity index is 553. The molecule has 1 fully saturated rings. The summed E-state index contributed by atoms with van der Waals surface area (Å²) in [6.07, 6.45) is 2.23. The van der Waals surface area contributed by atoms with Crippen LogP contribution in [0.15, 0.2) is 30.3 Å². The van der Waals surface area contributed by atoms with Gasteiger partial charge in [-0.2, -0.15) is 0 Å². The average Bonchev–Trinajstić information content (AvgIpc) is 3.33. The highest BCUT2D eigenvalue weighted by molar-refractivity contribution is 5.81. The van der Waals surface area contributed by atoms with Gasteiger partial charge >= 0.3 is 0 Å². The highest BCUT2D eigenvalue weighted by Gasteiger charge is 2.44. The number of rotatable bonds is 9. The largest absolute Gasteiger partial charge is 0.354 e. The van der Waals surface area contributed by atoms with E-state index in [9.17, 15) is 9.59 Å². The summed E-state index contributed by atoms with van der Waals surface area (Å²) in [6, 6.07) is 10.5. The Morgan fingerprint density at radius 2 is 1.75 bits per heavy atom. The molecule has 0 atom stereocenters. The van der Waals surface area contributed by atoms with Gasteiger partial charge < -0.3 is 10.6 Å². The molecule has 1 aromatic rings. The van der Waals surface area contributed by atoms with E-state index in [2.05, 4.69) is 22.8 Å². The molecule has 1 aliphatic rings. The first-order chi connectivity index (χ1) is 11.4. The van der Waals surface area contributed by atoms with Gasteiger partial charge in [0, 0.05) is 18.0 Å². The highest BCUT2D eigenvalue weighted by Crippen LogP contribution is 2.47. The molecule has 0 bridgehead atoms. The van der Waals surface area contributed by atoms with E-state index in [0.717, 1.165) is 12.8 Å². The van der Waals surface area contributed by atoms with Gasteiger partial charge in [0.05, 0.1) is 13.1 Å². The lowest BCUT2D eigenvalue weighted by atomic mass is 9.96. The summed E-state index contributed by atoms with van der Waals surface area (Å²) >= 11 is 0. The molecule has 24 heavy (non-hydrogen) atoms. The molecule has 5 heteroatoms. The van der Waals surface area contributed by atoms with E-state index in [-0.39, 0.29) is 36.4 Å². The first kappa shape index (κ1) is 18.5. The standard InChI is InChI=1S/C19H29N3O2/c1-4-22(13-18(24)21-15(2)3)12-17(23)20-14-19(10-11-19)16-8-6-5-7-9-16/h5-9,15H,4,10-14H2,1-3H3,(H,20,23)(H,21,24). The summed E-state index contributed by atoms with van der Waals surface area (Å²) < 4.78 is 0. The smallest absolute Gasteiger partial charge is 0.234 e. The van der Waals surface area contributed by atoms with Crippen molar-refractivity contribution in [2.24, 2.45) is 0 Å². The van der Waals surface area contributed by atoms with E-state index in [0.29, 0.717) is 13.1 Å². The molecule has 0 spiro atoms. The van der Waals surface area contributed by atoms with Crippen molar-refractivity contribution >= 4 is 11.8 Å². The fourth-order valence-corrected chi connectivity index (χ4v) is 2.89. The summed E-state index contributed by atoms with van der Waals surface area (Å²) in [7, 11) is 0. The van der Waals surface area contributed by atoms with E-state index >= 15 is 0 Å². The maximum Gasteiger partial charge on any atom is 0.234 e. The van der Waals surface area contributed by atoms with Crippen LogP contribution in [0.2, 0.25) is 0 Å². The Labute approximate surface area is 144 Å². The number of carbonyl (C=O) groups is 2. The molecule has 132 valence electrons. The Kier molecular flexibility index (Phi) is 6.37. The summed E-state index contributed by atoms with van der Waals surface area (Å²) in [5.41, 5.74) is 1.41. The van der Waals surface area contributed by atoms with Crippen molar-refractivity contribution in [1.29, 1.82) is 0 Å². The zero-order chi connectivity index (χ0) is 17.6. The SMILES string of the molecule is CCN(CC(=O)NCC1(c2ccccc2)CC1)CC(=O)NC(C)C. The van der Waals surface area contributed by atoms with Crippen LogP contribution in [0, 0.1) is 0 Å². The van der Waals surface area contributed by atoms with Gasteiger partial charge in [-0.05, 0) is 38.8 Å². The molecule has 0 radical (unpaired) electrons. The monoisotopic (exact) mass is 331 g/mol. The van der Waals surface area contributed by atoms with Gasteiger partial charge in [-0.15, -0.1) is 0 Å². The molecule has 0 unspecified atom stereocenters. The first-order valence-corrected chi connectivity index (χ1v) is 8.79. The number of nitrogens with zero attached hydrogens (tertiary/aromatic N) is 1. The minimum absolute atomic E-state index is 0.0172. The van der Waals surface area contributed by atoms with E-state index in [1.54, 1.807) is 0 Å². The van der Waals surface area contributed by atoms with Crippen LogP contribution in [-0.4, -0.2) is 48.9 Å². The van der Waals surface area contributed by atoms with Crippen molar-refractivity contribution in [1.82, 2.24) is 15.5 Å². The van der Waals surface area contributed by atoms with Gasteiger partial charge in [0.25, 0.3) is 0 Å². The van der Waals surface area contributed by atoms with E-state index in [1.165, 1.54) is 5.56 Å². The van der Waals surface area contributed by atoms with Crippen LogP contribution in [0.5, 0.6) is 0 Å². The summed E-state index contributed by atoms with van der Waals surface area (Å²) in [5.74, 6) is -0.0565. The fourth-order valence-electron chi connectivity index (χ4n) is 2.89. The quantitative estimate of drug-likeness (QED) is 0.724. The van der Waals surface area contributed by atoms with Crippen molar-refractivity contribution in [3.05, 3.63) is 35.9 Å². The van der Waals surface area contributed by atoms with Crippen LogP contribution >= 0.6 is 0 Å². The molecular formula is C19H29N3O2. The second kappa shape index (κ2) is 8.29. The number of carbonyl (C=O) groups excluding carboxylic acids is 2. The summed E-state index contributed by atoms with van der Waals surface area (Å²) in [6.45, 7) is 7.68. The molecule has 0 aromatic heterocycles. The highest BCUT2D eigenvalue weighted by atomic mass is 16.2. The molecule has 2 rings (SSSR count). The number of likely N-dealkylation sites (N-methyl/N-ethyl adjacent to an activating group) is 1. The zero-order valence-electron chi connectivity index (χ0n) is 15.0. The normalized spacial score (nSPS) is 15.4. The fraction of sp³-hybridized carbons (Fsp3) is 0.579. The Hall–Kier alpha value is -1.88. The van der Waals surface area contributed by atoms with Crippen LogP contribution in [0.1, 0.15) is 39.2 Å². The minimum Gasteiger partial charge on any atom is -0.354 e. The van der Waals surface area contributed by atoms with Crippen LogP contribution < -0.4 is 10.6 Å². The lowest BCUT2D eigenvalue weighted by molar-refractivity contribution is -0.125. The molecule has 1 aromatic carbocycles. The predicted octanol–water partition coefficient (Wildman–Crippen LogP) is 1.68. The third-order valence-corrected chi connectivity index (χ3v) is 4.49. The minimum atomic E-state index is -0.0393. The third-order valence-electron chi connectivity index (χ3n) is 4.49. The molecule has 0 saturated heterocycles. The van der Waals surface area contributed by atoms with Gasteiger partial charge in [0.15, 0.2) is 0 Å². The topological polar surface area (TPSA) is 61.4 Å². The summed E-state index contributed by atoms with van der Waals surface area (Å²) in [4.78, 5) is 25.9. The molecule has 1 saturated carbocycles. The summed E-state index contributed by atoms with van der Waals surface area (Å²) in [5, 5.41) is 5.91. The Balaban J connectivity index is 1.79. The molecule has 5 nitrogen and oxygen atoms in total. The Morgan fingerprint density at radius 1 is 1.12 bits per heavy atom. The Morgan fingerprint density at radius 3 is 2.29 bits per heavy atom. The van der Waals surface area contributed by atoms with Crippen molar-refractivity contribution < 1.29 is 9.59 Å². The lowest BCUT2D eigenvalue weighted by Crippen LogP contribution is -2.45. The molecule has 2 N–H and O–H groups in total. The van der Waals surface area contributed by atoms with Gasteiger partial charge in [-0.25, -0.2) is 0 Å². The van der Waals surface area contributed by atoms with Crippen LogP contribution in [-0.2, 0) is 15.0 Å². The first-order valence-electron chi connectivity index (χ1n) is 8.79. The number of amides is 2. The maximum absolute atomic E-state index is 12.2. The van der Waals surface area contributed by atoms with Gasteiger partial charge in [-0.1, -0.05) is 37.3 Å². The molecule has 0 aliphatic heterocycles. The van der Waals surface area contributed by atoms with Gasteiger partial charge in [0.1, 0.15) is 0 Å². The second-order valence-electron chi connectivity index (χ2n) is 6.95. The van der Waals surface area contributed by atoms with Crippen molar-refractivity contribution in [2.75, 3.05) is 26.2 Å². The van der Waals surface area contributed by atoms with Crippen molar-refractivity contribution in [3.8, 4) is 0 Å². The predicted molar refractivity (Wildman–Crippen MR) is 95.8 cm³/mol. The van der Waals surface area contributed by atoms with Crippen LogP contribution in [0.3, 0.4) is 0 Å². The number of hydrogen-bond acceptors (Lipinski definition) is 3. The van der Waals surface area contributed by atoms with E-state index < -0.39 is 0 Å². The number of benzene rings is 1. The van der Waals surface area contributed by atoms with Crippen LogP contribution in [0.4, 0.5) is 0 Å². The van der Waals surface area contributed by atoms with Crippen molar-refractivity contribution in [3.63, 3.8) is 0 Å². The second-order valence-corrected chi connectivity index (χ2v) is 6.95. The number of hydrogen-bond donors (Lipinski definition) is 2. The number of nitrogens with one attached hydrogen (secondary N) is 2. The van der Waals surface area contributed by atoms with Gasteiger partial charge in [0.2, 0.25) is 11.8 Å². The maximum atomic E-state index is 12.2. The third kappa shape index (κ3) is 5.34. The lowest BCUT2D eigenvalue weighted by Gasteiger charge is -2.21. The molecule has 0 heterocycles. The molecular weight excluding hydrogens is 302 g/mol. The van der Waals surface area contributed by atoms with E-state index in [1.807, 2.05) is 43.9 Å². The van der Waals surface area contributed by atoms with Gasteiger partial charge in [-0.3, -0.25) is 14.5 Å². The molecule has 1 aliphatic carbocycles. The van der Waals surface area contributed by atoms with Crippen molar-refractivity contribution in [2.45, 2.75) is 45.1 Å². The van der Waals surface area contributed by atoms with E-state index in [4.69, 9.17) is 0 Å².